The standard InChI is InChI=1S/C13H11F3O3S/c1-2-6-3-8(20)4-7-5-9(12(17)18)11(13(14,15)16)19-10(6)7/h3-5,11,20H,2H2,1H3,(H,17,18)/t11-/m0/s1. The maximum absolute atomic E-state index is 12.9. The zero-order valence-electron chi connectivity index (χ0n) is 10.4. The van der Waals surface area contributed by atoms with Crippen LogP contribution in [0.15, 0.2) is 22.6 Å². The van der Waals surface area contributed by atoms with Crippen LogP contribution >= 0.6 is 12.6 Å². The minimum atomic E-state index is -4.79. The molecule has 1 aromatic carbocycles. The van der Waals surface area contributed by atoms with Crippen molar-refractivity contribution in [3.8, 4) is 5.75 Å². The van der Waals surface area contributed by atoms with Crippen LogP contribution in [-0.4, -0.2) is 23.4 Å². The Balaban J connectivity index is 2.62. The van der Waals surface area contributed by atoms with E-state index in [0.29, 0.717) is 22.4 Å². The molecule has 3 nitrogen and oxygen atoms in total. The Morgan fingerprint density at radius 3 is 2.60 bits per heavy atom. The molecule has 0 amide bonds. The number of thiol groups is 1. The van der Waals surface area contributed by atoms with E-state index in [9.17, 15) is 18.0 Å². The van der Waals surface area contributed by atoms with Crippen LogP contribution in [0.2, 0.25) is 0 Å². The van der Waals surface area contributed by atoms with E-state index in [1.807, 2.05) is 0 Å². The van der Waals surface area contributed by atoms with Gasteiger partial charge in [-0.1, -0.05) is 6.92 Å². The van der Waals surface area contributed by atoms with Crippen molar-refractivity contribution < 1.29 is 27.8 Å². The van der Waals surface area contributed by atoms with Gasteiger partial charge in [-0.2, -0.15) is 13.2 Å². The molecule has 7 heteroatoms. The molecule has 0 radical (unpaired) electrons. The number of halogens is 3. The summed E-state index contributed by atoms with van der Waals surface area (Å²) in [7, 11) is 0. The number of hydrogen-bond donors (Lipinski definition) is 2. The second-order valence-corrected chi connectivity index (χ2v) is 4.84. The molecule has 108 valence electrons. The fraction of sp³-hybridized carbons (Fsp3) is 0.308. The van der Waals surface area contributed by atoms with Gasteiger partial charge in [0.25, 0.3) is 0 Å². The van der Waals surface area contributed by atoms with Crippen molar-refractivity contribution in [2.75, 3.05) is 0 Å². The lowest BCUT2D eigenvalue weighted by Gasteiger charge is -2.28. The van der Waals surface area contributed by atoms with E-state index >= 15 is 0 Å². The summed E-state index contributed by atoms with van der Waals surface area (Å²) in [6.07, 6.45) is -5.79. The summed E-state index contributed by atoms with van der Waals surface area (Å²) in [5.74, 6) is -1.58. The second kappa shape index (κ2) is 5.05. The van der Waals surface area contributed by atoms with E-state index in [1.165, 1.54) is 6.07 Å². The average molecular weight is 304 g/mol. The van der Waals surface area contributed by atoms with Crippen molar-refractivity contribution >= 4 is 24.7 Å². The molecule has 0 saturated carbocycles. The van der Waals surface area contributed by atoms with Crippen molar-refractivity contribution in [3.05, 3.63) is 28.8 Å². The molecular formula is C13H11F3O3S. The van der Waals surface area contributed by atoms with Crippen LogP contribution in [-0.2, 0) is 11.2 Å². The van der Waals surface area contributed by atoms with Crippen LogP contribution in [0.1, 0.15) is 18.1 Å². The fourth-order valence-electron chi connectivity index (χ4n) is 2.05. The minimum absolute atomic E-state index is 0.0672. The summed E-state index contributed by atoms with van der Waals surface area (Å²) >= 11 is 4.15. The lowest BCUT2D eigenvalue weighted by molar-refractivity contribution is -0.187. The number of rotatable bonds is 2. The predicted octanol–water partition coefficient (Wildman–Crippen LogP) is 3.33. The van der Waals surface area contributed by atoms with Crippen LogP contribution in [0.5, 0.6) is 5.75 Å². The summed E-state index contributed by atoms with van der Waals surface area (Å²) in [5, 5.41) is 8.93. The molecule has 1 atom stereocenters. The number of hydrogen-bond acceptors (Lipinski definition) is 3. The van der Waals surface area contributed by atoms with Gasteiger partial charge in [-0.05, 0) is 30.2 Å². The van der Waals surface area contributed by atoms with Gasteiger partial charge in [0.1, 0.15) is 5.75 Å². The van der Waals surface area contributed by atoms with Gasteiger partial charge < -0.3 is 9.84 Å². The van der Waals surface area contributed by atoms with Gasteiger partial charge in [0, 0.05) is 10.5 Å². The van der Waals surface area contributed by atoms with Gasteiger partial charge in [0.15, 0.2) is 0 Å². The van der Waals surface area contributed by atoms with Crippen molar-refractivity contribution in [2.24, 2.45) is 0 Å². The van der Waals surface area contributed by atoms with Gasteiger partial charge in [-0.15, -0.1) is 12.6 Å². The van der Waals surface area contributed by atoms with Crippen LogP contribution in [0, 0.1) is 0 Å². The zero-order chi connectivity index (χ0) is 15.1. The minimum Gasteiger partial charge on any atom is -0.478 e. The lowest BCUT2D eigenvalue weighted by atomic mass is 9.98. The molecule has 20 heavy (non-hydrogen) atoms. The number of aliphatic carboxylic acids is 1. The Hall–Kier alpha value is -1.63. The first-order valence-corrected chi connectivity index (χ1v) is 6.23. The van der Waals surface area contributed by atoms with Gasteiger partial charge in [-0.3, -0.25) is 0 Å². The third kappa shape index (κ3) is 2.63. The first-order valence-electron chi connectivity index (χ1n) is 5.78. The molecular weight excluding hydrogens is 293 g/mol. The Morgan fingerprint density at radius 2 is 2.10 bits per heavy atom. The smallest absolute Gasteiger partial charge is 0.430 e. The summed E-state index contributed by atoms with van der Waals surface area (Å²) < 4.78 is 43.7. The Morgan fingerprint density at radius 1 is 1.45 bits per heavy atom. The summed E-state index contributed by atoms with van der Waals surface area (Å²) in [6, 6.07) is 3.09. The molecule has 0 aliphatic carbocycles. The quantitative estimate of drug-likeness (QED) is 0.824. The lowest BCUT2D eigenvalue weighted by Crippen LogP contribution is -2.40. The number of alkyl halides is 3. The van der Waals surface area contributed by atoms with Crippen molar-refractivity contribution in [2.45, 2.75) is 30.5 Å². The highest BCUT2D eigenvalue weighted by Crippen LogP contribution is 2.40. The molecule has 0 unspecified atom stereocenters. The topological polar surface area (TPSA) is 46.5 Å². The maximum atomic E-state index is 12.9. The first-order chi connectivity index (χ1) is 9.24. The molecule has 1 aliphatic rings. The van der Waals surface area contributed by atoms with Gasteiger partial charge in [0.05, 0.1) is 5.57 Å². The van der Waals surface area contributed by atoms with E-state index in [0.717, 1.165) is 6.08 Å². The number of carboxylic acids is 1. The van der Waals surface area contributed by atoms with Crippen LogP contribution in [0.3, 0.4) is 0 Å². The highest BCUT2D eigenvalue weighted by atomic mass is 32.1. The van der Waals surface area contributed by atoms with Crippen molar-refractivity contribution in [3.63, 3.8) is 0 Å². The first kappa shape index (κ1) is 14.8. The van der Waals surface area contributed by atoms with Crippen molar-refractivity contribution in [1.29, 1.82) is 0 Å². The second-order valence-electron chi connectivity index (χ2n) is 4.32. The Bertz CT molecular complexity index is 593. The van der Waals surface area contributed by atoms with Crippen molar-refractivity contribution in [1.82, 2.24) is 0 Å². The molecule has 2 rings (SSSR count). The highest BCUT2D eigenvalue weighted by molar-refractivity contribution is 7.80. The van der Waals surface area contributed by atoms with Gasteiger partial charge >= 0.3 is 12.1 Å². The predicted molar refractivity (Wildman–Crippen MR) is 69.2 cm³/mol. The molecule has 1 heterocycles. The SMILES string of the molecule is CCc1cc(S)cc2c1O[C@H](C(F)(F)F)C(C(=O)O)=C2. The van der Waals surface area contributed by atoms with E-state index in [2.05, 4.69) is 12.6 Å². The molecule has 0 saturated heterocycles. The average Bonchev–Trinajstić information content (AvgIpc) is 2.34. The Kier molecular flexibility index (Phi) is 3.73. The molecule has 0 spiro atoms. The zero-order valence-corrected chi connectivity index (χ0v) is 11.3. The van der Waals surface area contributed by atoms with Gasteiger partial charge in [0.2, 0.25) is 6.10 Å². The van der Waals surface area contributed by atoms with Gasteiger partial charge in [-0.25, -0.2) is 4.79 Å². The Labute approximate surface area is 118 Å². The van der Waals surface area contributed by atoms with E-state index in [4.69, 9.17) is 9.84 Å². The van der Waals surface area contributed by atoms with E-state index in [-0.39, 0.29) is 5.75 Å². The monoisotopic (exact) mass is 304 g/mol. The number of carboxylic acid groups (broad SMARTS) is 1. The van der Waals surface area contributed by atoms with Crippen LogP contribution < -0.4 is 4.74 Å². The maximum Gasteiger partial charge on any atom is 0.430 e. The highest BCUT2D eigenvalue weighted by Gasteiger charge is 2.48. The van der Waals surface area contributed by atoms with Crippen LogP contribution in [0.25, 0.3) is 6.08 Å². The molecule has 0 bridgehead atoms. The summed E-state index contributed by atoms with van der Waals surface area (Å²) in [5.41, 5.74) is 0.0284. The number of benzene rings is 1. The number of carbonyl (C=O) groups is 1. The summed E-state index contributed by atoms with van der Waals surface area (Å²) in [4.78, 5) is 11.5. The summed E-state index contributed by atoms with van der Waals surface area (Å²) in [6.45, 7) is 1.77. The third-order valence-corrected chi connectivity index (χ3v) is 3.19. The molecule has 0 fully saturated rings. The molecule has 1 aromatic rings. The van der Waals surface area contributed by atoms with Crippen LogP contribution in [0.4, 0.5) is 13.2 Å². The normalized spacial score (nSPS) is 18.1. The van der Waals surface area contributed by atoms with E-state index in [1.54, 1.807) is 13.0 Å². The van der Waals surface area contributed by atoms with E-state index < -0.39 is 23.8 Å². The number of fused-ring (bicyclic) bond motifs is 1. The molecule has 1 aliphatic heterocycles. The third-order valence-electron chi connectivity index (χ3n) is 2.93. The fourth-order valence-corrected chi connectivity index (χ4v) is 2.35. The number of aryl methyl sites for hydroxylation is 1. The molecule has 0 aromatic heterocycles. The largest absolute Gasteiger partial charge is 0.478 e. The molecule has 1 N–H and O–H groups in total. The number of ether oxygens (including phenoxy) is 1.